The molecule has 0 aliphatic carbocycles. The van der Waals surface area contributed by atoms with Crippen molar-refractivity contribution in [1.29, 1.82) is 0 Å². The summed E-state index contributed by atoms with van der Waals surface area (Å²) < 4.78 is 27.6. The van der Waals surface area contributed by atoms with E-state index >= 15 is 0 Å². The zero-order valence-corrected chi connectivity index (χ0v) is 22.0. The normalized spacial score (nSPS) is 11.3. The summed E-state index contributed by atoms with van der Waals surface area (Å²) in [7, 11) is -3.99. The van der Waals surface area contributed by atoms with E-state index in [-0.39, 0.29) is 22.2 Å². The minimum absolute atomic E-state index is 0.0764. The summed E-state index contributed by atoms with van der Waals surface area (Å²) in [5, 5.41) is 4.01. The van der Waals surface area contributed by atoms with E-state index in [9.17, 15) is 13.2 Å². The van der Waals surface area contributed by atoms with Crippen molar-refractivity contribution in [2.75, 3.05) is 23.1 Å². The molecule has 180 valence electrons. The molecule has 0 spiro atoms. The Balaban J connectivity index is 1.59. The molecule has 0 aliphatic rings. The van der Waals surface area contributed by atoms with Crippen molar-refractivity contribution in [2.24, 2.45) is 0 Å². The number of carbonyl (C=O) groups is 1. The summed E-state index contributed by atoms with van der Waals surface area (Å²) in [5.74, 6) is 1.29. The second-order valence-corrected chi connectivity index (χ2v) is 11.5. The Labute approximate surface area is 219 Å². The average Bonchev–Trinajstić information content (AvgIpc) is 2.83. The van der Waals surface area contributed by atoms with Gasteiger partial charge in [0.2, 0.25) is 5.91 Å². The number of hydrogen-bond donors (Lipinski definition) is 1. The van der Waals surface area contributed by atoms with Crippen molar-refractivity contribution in [2.45, 2.75) is 17.1 Å². The molecule has 1 N–H and O–H groups in total. The van der Waals surface area contributed by atoms with Gasteiger partial charge in [0.25, 0.3) is 10.0 Å². The number of carbonyl (C=O) groups excluding carboxylic acids is 1. The Hall–Kier alpha value is -1.90. The summed E-state index contributed by atoms with van der Waals surface area (Å²) in [6, 6.07) is 20.1. The zero-order chi connectivity index (χ0) is 24.6. The lowest BCUT2D eigenvalue weighted by Gasteiger charge is -2.24. The number of hydrogen-bond acceptors (Lipinski definition) is 4. The van der Waals surface area contributed by atoms with Gasteiger partial charge in [-0.3, -0.25) is 9.10 Å². The molecule has 0 saturated carbocycles. The molecule has 0 bridgehead atoms. The Kier molecular flexibility index (Phi) is 9.97. The van der Waals surface area contributed by atoms with E-state index in [4.69, 9.17) is 34.8 Å². The minimum Gasteiger partial charge on any atom is -0.354 e. The first-order valence-corrected chi connectivity index (χ1v) is 14.1. The Morgan fingerprint density at radius 2 is 1.62 bits per heavy atom. The Bertz CT molecular complexity index is 1210. The highest BCUT2D eigenvalue weighted by atomic mass is 35.5. The van der Waals surface area contributed by atoms with E-state index in [2.05, 4.69) is 5.32 Å². The SMILES string of the molecule is O=C(CN(c1ccc(Cl)c(Cl)c1)S(=O)(=O)c1ccccc1)NCCCSCc1ccc(Cl)cc1. The zero-order valence-electron chi connectivity index (χ0n) is 18.1. The van der Waals surface area contributed by atoms with Crippen LogP contribution in [0.3, 0.4) is 0 Å². The first-order chi connectivity index (χ1) is 16.3. The topological polar surface area (TPSA) is 66.5 Å². The van der Waals surface area contributed by atoms with E-state index in [1.807, 2.05) is 24.3 Å². The van der Waals surface area contributed by atoms with E-state index in [1.54, 1.807) is 30.0 Å². The molecule has 0 atom stereocenters. The van der Waals surface area contributed by atoms with Gasteiger partial charge in [0.05, 0.1) is 20.6 Å². The van der Waals surface area contributed by atoms with Crippen LogP contribution in [0.1, 0.15) is 12.0 Å². The monoisotopic (exact) mass is 556 g/mol. The Morgan fingerprint density at radius 1 is 0.912 bits per heavy atom. The van der Waals surface area contributed by atoms with Gasteiger partial charge >= 0.3 is 0 Å². The van der Waals surface area contributed by atoms with Crippen LogP contribution in [0.4, 0.5) is 5.69 Å². The van der Waals surface area contributed by atoms with Crippen LogP contribution < -0.4 is 9.62 Å². The third-order valence-corrected chi connectivity index (χ3v) is 8.67. The number of nitrogens with zero attached hydrogens (tertiary/aromatic N) is 1. The second kappa shape index (κ2) is 12.7. The third kappa shape index (κ3) is 7.55. The maximum absolute atomic E-state index is 13.3. The van der Waals surface area contributed by atoms with Gasteiger partial charge in [0, 0.05) is 17.3 Å². The maximum Gasteiger partial charge on any atom is 0.264 e. The lowest BCUT2D eigenvalue weighted by Crippen LogP contribution is -2.41. The van der Waals surface area contributed by atoms with Crippen LogP contribution in [0.5, 0.6) is 0 Å². The first kappa shape index (κ1) is 26.7. The molecule has 0 aromatic heterocycles. The van der Waals surface area contributed by atoms with Crippen molar-refractivity contribution in [3.05, 3.63) is 93.4 Å². The molecule has 3 aromatic rings. The number of anilines is 1. The molecule has 0 aliphatic heterocycles. The number of nitrogens with one attached hydrogen (secondary N) is 1. The molecule has 0 heterocycles. The Morgan fingerprint density at radius 3 is 2.29 bits per heavy atom. The van der Waals surface area contributed by atoms with Crippen molar-refractivity contribution in [3.63, 3.8) is 0 Å². The van der Waals surface area contributed by atoms with Crippen molar-refractivity contribution < 1.29 is 13.2 Å². The predicted octanol–water partition coefficient (Wildman–Crippen LogP) is 6.28. The van der Waals surface area contributed by atoms with Crippen molar-refractivity contribution in [1.82, 2.24) is 5.32 Å². The molecule has 0 fully saturated rings. The number of sulfonamides is 1. The van der Waals surface area contributed by atoms with Crippen LogP contribution >= 0.6 is 46.6 Å². The first-order valence-electron chi connectivity index (χ1n) is 10.4. The highest BCUT2D eigenvalue weighted by molar-refractivity contribution is 7.98. The van der Waals surface area contributed by atoms with Gasteiger partial charge in [-0.2, -0.15) is 11.8 Å². The summed E-state index contributed by atoms with van der Waals surface area (Å²) in [6.07, 6.45) is 0.752. The summed E-state index contributed by atoms with van der Waals surface area (Å²) in [4.78, 5) is 12.7. The molecule has 10 heteroatoms. The number of thioether (sulfide) groups is 1. The van der Waals surface area contributed by atoms with Gasteiger partial charge in [-0.25, -0.2) is 8.42 Å². The van der Waals surface area contributed by atoms with Crippen LogP contribution in [0, 0.1) is 0 Å². The standard InChI is InChI=1S/C24H23Cl3N2O3S2/c25-19-9-7-18(8-10-19)17-33-14-4-13-28-24(30)16-29(20-11-12-22(26)23(27)15-20)34(31,32)21-5-2-1-3-6-21/h1-3,5-12,15H,4,13-14,16-17H2,(H,28,30). The minimum atomic E-state index is -3.99. The van der Waals surface area contributed by atoms with Gasteiger partial charge in [0.1, 0.15) is 6.54 Å². The van der Waals surface area contributed by atoms with Gasteiger partial charge in [-0.15, -0.1) is 0 Å². The van der Waals surface area contributed by atoms with E-state index < -0.39 is 15.9 Å². The highest BCUT2D eigenvalue weighted by Gasteiger charge is 2.27. The molecule has 34 heavy (non-hydrogen) atoms. The number of amides is 1. The van der Waals surface area contributed by atoms with Crippen molar-refractivity contribution in [3.8, 4) is 0 Å². The van der Waals surface area contributed by atoms with Gasteiger partial charge in [-0.05, 0) is 60.2 Å². The summed E-state index contributed by atoms with van der Waals surface area (Å²) in [5.41, 5.74) is 1.44. The van der Waals surface area contributed by atoms with E-state index in [0.717, 1.165) is 22.2 Å². The van der Waals surface area contributed by atoms with Gasteiger partial charge in [-0.1, -0.05) is 65.1 Å². The average molecular weight is 558 g/mol. The fraction of sp³-hybridized carbons (Fsp3) is 0.208. The number of benzene rings is 3. The molecule has 1 amide bonds. The lowest BCUT2D eigenvalue weighted by atomic mass is 10.2. The molecule has 3 rings (SSSR count). The van der Waals surface area contributed by atoms with Crippen molar-refractivity contribution >= 4 is 68.2 Å². The predicted molar refractivity (Wildman–Crippen MR) is 143 cm³/mol. The number of rotatable bonds is 11. The van der Waals surface area contributed by atoms with Crippen LogP contribution in [0.25, 0.3) is 0 Å². The van der Waals surface area contributed by atoms with E-state index in [0.29, 0.717) is 16.6 Å². The molecular formula is C24H23Cl3N2O3S2. The largest absolute Gasteiger partial charge is 0.354 e. The summed E-state index contributed by atoms with van der Waals surface area (Å²) >= 11 is 19.8. The molecule has 0 radical (unpaired) electrons. The molecule has 0 unspecified atom stereocenters. The van der Waals surface area contributed by atoms with Crippen LogP contribution in [0.15, 0.2) is 77.7 Å². The second-order valence-electron chi connectivity index (χ2n) is 7.31. The van der Waals surface area contributed by atoms with E-state index in [1.165, 1.54) is 35.9 Å². The highest BCUT2D eigenvalue weighted by Crippen LogP contribution is 2.30. The maximum atomic E-state index is 13.3. The smallest absolute Gasteiger partial charge is 0.264 e. The van der Waals surface area contributed by atoms with Crippen LogP contribution in [0.2, 0.25) is 15.1 Å². The van der Waals surface area contributed by atoms with Crippen LogP contribution in [-0.4, -0.2) is 33.2 Å². The van der Waals surface area contributed by atoms with Crippen LogP contribution in [-0.2, 0) is 20.6 Å². The third-order valence-electron chi connectivity index (χ3n) is 4.78. The quantitative estimate of drug-likeness (QED) is 0.282. The molecule has 5 nitrogen and oxygen atoms in total. The lowest BCUT2D eigenvalue weighted by molar-refractivity contribution is -0.119. The van der Waals surface area contributed by atoms with Gasteiger partial charge in [0.15, 0.2) is 0 Å². The number of halogens is 3. The molecular weight excluding hydrogens is 535 g/mol. The molecule has 3 aromatic carbocycles. The summed E-state index contributed by atoms with van der Waals surface area (Å²) in [6.45, 7) is 0.0557. The molecule has 0 saturated heterocycles. The fourth-order valence-electron chi connectivity index (χ4n) is 3.03. The fourth-order valence-corrected chi connectivity index (χ4v) is 5.81. The van der Waals surface area contributed by atoms with Gasteiger partial charge < -0.3 is 5.32 Å².